The van der Waals surface area contributed by atoms with E-state index in [9.17, 15) is 4.79 Å². The number of hydrogen-bond donors (Lipinski definition) is 1. The Balaban J connectivity index is 1.47. The third-order valence-corrected chi connectivity index (χ3v) is 5.05. The zero-order valence-electron chi connectivity index (χ0n) is 15.6. The van der Waals surface area contributed by atoms with Crippen molar-refractivity contribution in [2.75, 3.05) is 19.6 Å². The molecule has 1 aliphatic rings. The second-order valence-electron chi connectivity index (χ2n) is 6.88. The highest BCUT2D eigenvalue weighted by Crippen LogP contribution is 2.23. The van der Waals surface area contributed by atoms with Crippen molar-refractivity contribution < 1.29 is 4.79 Å². The lowest BCUT2D eigenvalue weighted by molar-refractivity contribution is 0.0924. The van der Waals surface area contributed by atoms with Crippen LogP contribution in [0.1, 0.15) is 41.2 Å². The lowest BCUT2D eigenvalue weighted by Gasteiger charge is -2.34. The van der Waals surface area contributed by atoms with Crippen LogP contribution in [0.3, 0.4) is 0 Å². The molecule has 1 atom stereocenters. The standard InChI is InChI=1S/C20H23N7O/c28-20(16-6-8-22-19(11-16)27-14-24-25-15-27)23-13-18(17-5-4-7-21-12-17)26-9-2-1-3-10-26/h4-8,11-12,14-15,18H,1-3,9-10,13H2,(H,23,28). The molecule has 1 N–H and O–H groups in total. The molecule has 1 fully saturated rings. The predicted octanol–water partition coefficient (Wildman–Crippen LogP) is 2.01. The van der Waals surface area contributed by atoms with Crippen LogP contribution in [-0.2, 0) is 0 Å². The fourth-order valence-electron chi connectivity index (χ4n) is 3.57. The quantitative estimate of drug-likeness (QED) is 0.707. The van der Waals surface area contributed by atoms with E-state index in [4.69, 9.17) is 0 Å². The Labute approximate surface area is 163 Å². The van der Waals surface area contributed by atoms with Gasteiger partial charge in [-0.3, -0.25) is 19.2 Å². The van der Waals surface area contributed by atoms with Gasteiger partial charge in [-0.15, -0.1) is 10.2 Å². The summed E-state index contributed by atoms with van der Waals surface area (Å²) in [5, 5.41) is 10.6. The minimum absolute atomic E-state index is 0.122. The van der Waals surface area contributed by atoms with E-state index < -0.39 is 0 Å². The number of amides is 1. The van der Waals surface area contributed by atoms with Crippen LogP contribution in [0.25, 0.3) is 5.82 Å². The van der Waals surface area contributed by atoms with Gasteiger partial charge in [-0.05, 0) is 49.7 Å². The van der Waals surface area contributed by atoms with Crippen molar-refractivity contribution in [3.8, 4) is 5.82 Å². The van der Waals surface area contributed by atoms with Crippen LogP contribution in [0, 0.1) is 0 Å². The lowest BCUT2D eigenvalue weighted by Crippen LogP contribution is -2.40. The van der Waals surface area contributed by atoms with Crippen molar-refractivity contribution in [3.05, 3.63) is 66.6 Å². The van der Waals surface area contributed by atoms with Crippen molar-refractivity contribution in [1.29, 1.82) is 0 Å². The minimum Gasteiger partial charge on any atom is -0.350 e. The Morgan fingerprint density at radius 1 is 1.11 bits per heavy atom. The third-order valence-electron chi connectivity index (χ3n) is 5.05. The van der Waals surface area contributed by atoms with Crippen LogP contribution < -0.4 is 5.32 Å². The number of pyridine rings is 2. The topological polar surface area (TPSA) is 88.8 Å². The maximum Gasteiger partial charge on any atom is 0.251 e. The fraction of sp³-hybridized carbons (Fsp3) is 0.350. The monoisotopic (exact) mass is 377 g/mol. The normalized spacial score (nSPS) is 15.9. The molecule has 3 aromatic rings. The molecule has 144 valence electrons. The summed E-state index contributed by atoms with van der Waals surface area (Å²) in [5.41, 5.74) is 1.69. The minimum atomic E-state index is -0.123. The summed E-state index contributed by atoms with van der Waals surface area (Å²) < 4.78 is 1.67. The maximum atomic E-state index is 12.8. The number of rotatable bonds is 6. The highest BCUT2D eigenvalue weighted by molar-refractivity contribution is 5.94. The zero-order chi connectivity index (χ0) is 19.2. The number of aromatic nitrogens is 5. The van der Waals surface area contributed by atoms with Crippen LogP contribution in [0.15, 0.2) is 55.5 Å². The van der Waals surface area contributed by atoms with Crippen molar-refractivity contribution in [2.45, 2.75) is 25.3 Å². The van der Waals surface area contributed by atoms with Gasteiger partial charge in [0, 0.05) is 30.7 Å². The van der Waals surface area contributed by atoms with Gasteiger partial charge in [0.2, 0.25) is 0 Å². The molecule has 1 saturated heterocycles. The summed E-state index contributed by atoms with van der Waals surface area (Å²) in [6, 6.07) is 7.59. The van der Waals surface area contributed by atoms with E-state index in [0.717, 1.165) is 18.7 Å². The molecule has 0 spiro atoms. The fourth-order valence-corrected chi connectivity index (χ4v) is 3.57. The Morgan fingerprint density at radius 2 is 1.93 bits per heavy atom. The molecule has 3 aromatic heterocycles. The van der Waals surface area contributed by atoms with Gasteiger partial charge in [0.1, 0.15) is 18.5 Å². The van der Waals surface area contributed by atoms with Gasteiger partial charge in [0.25, 0.3) is 5.91 Å². The van der Waals surface area contributed by atoms with Crippen molar-refractivity contribution >= 4 is 5.91 Å². The molecule has 0 aromatic carbocycles. The van der Waals surface area contributed by atoms with Crippen LogP contribution in [0.2, 0.25) is 0 Å². The van der Waals surface area contributed by atoms with E-state index in [0.29, 0.717) is 17.9 Å². The number of carbonyl (C=O) groups is 1. The molecule has 1 aliphatic heterocycles. The molecular formula is C20H23N7O. The van der Waals surface area contributed by atoms with Gasteiger partial charge < -0.3 is 5.32 Å². The first kappa shape index (κ1) is 18.2. The predicted molar refractivity (Wildman–Crippen MR) is 104 cm³/mol. The van der Waals surface area contributed by atoms with Gasteiger partial charge >= 0.3 is 0 Å². The molecule has 8 nitrogen and oxygen atoms in total. The first-order chi connectivity index (χ1) is 13.8. The first-order valence-corrected chi connectivity index (χ1v) is 9.54. The number of piperidine rings is 1. The molecule has 0 radical (unpaired) electrons. The van der Waals surface area contributed by atoms with Crippen molar-refractivity contribution in [2.24, 2.45) is 0 Å². The summed E-state index contributed by atoms with van der Waals surface area (Å²) in [6.07, 6.45) is 12.0. The van der Waals surface area contributed by atoms with E-state index in [1.165, 1.54) is 19.3 Å². The maximum absolute atomic E-state index is 12.8. The SMILES string of the molecule is O=C(NCC(c1cccnc1)N1CCCCC1)c1ccnc(-n2cnnc2)c1. The smallest absolute Gasteiger partial charge is 0.251 e. The van der Waals surface area contributed by atoms with E-state index >= 15 is 0 Å². The molecule has 0 aliphatic carbocycles. The molecule has 8 heteroatoms. The van der Waals surface area contributed by atoms with Crippen LogP contribution in [-0.4, -0.2) is 55.2 Å². The molecule has 1 unspecified atom stereocenters. The second-order valence-corrected chi connectivity index (χ2v) is 6.88. The van der Waals surface area contributed by atoms with Crippen molar-refractivity contribution in [3.63, 3.8) is 0 Å². The largest absolute Gasteiger partial charge is 0.350 e. The van der Waals surface area contributed by atoms with Gasteiger partial charge in [0.15, 0.2) is 0 Å². The lowest BCUT2D eigenvalue weighted by atomic mass is 10.0. The highest BCUT2D eigenvalue weighted by atomic mass is 16.1. The number of likely N-dealkylation sites (tertiary alicyclic amines) is 1. The highest BCUT2D eigenvalue weighted by Gasteiger charge is 2.23. The Hall–Kier alpha value is -3.13. The molecule has 4 rings (SSSR count). The Kier molecular flexibility index (Phi) is 5.67. The van der Waals surface area contributed by atoms with Gasteiger partial charge in [-0.1, -0.05) is 12.5 Å². The zero-order valence-corrected chi connectivity index (χ0v) is 15.6. The summed E-state index contributed by atoms with van der Waals surface area (Å²) >= 11 is 0. The van der Waals surface area contributed by atoms with Gasteiger partial charge in [0.05, 0.1) is 6.04 Å². The molecule has 28 heavy (non-hydrogen) atoms. The van der Waals surface area contributed by atoms with E-state index in [2.05, 4.69) is 36.4 Å². The summed E-state index contributed by atoms with van der Waals surface area (Å²) in [5.74, 6) is 0.486. The van der Waals surface area contributed by atoms with E-state index in [1.54, 1.807) is 41.7 Å². The van der Waals surface area contributed by atoms with Crippen molar-refractivity contribution in [1.82, 2.24) is 34.9 Å². The summed E-state index contributed by atoms with van der Waals surface area (Å²) in [7, 11) is 0. The second kappa shape index (κ2) is 8.71. The molecular weight excluding hydrogens is 354 g/mol. The number of nitrogens with one attached hydrogen (secondary N) is 1. The summed E-state index contributed by atoms with van der Waals surface area (Å²) in [6.45, 7) is 2.62. The molecule has 4 heterocycles. The molecule has 1 amide bonds. The molecule has 0 bridgehead atoms. The average Bonchev–Trinajstić information content (AvgIpc) is 3.30. The molecule has 0 saturated carbocycles. The Morgan fingerprint density at radius 3 is 2.68 bits per heavy atom. The van der Waals surface area contributed by atoms with Gasteiger partial charge in [-0.2, -0.15) is 0 Å². The number of hydrogen-bond acceptors (Lipinski definition) is 6. The van der Waals surface area contributed by atoms with Gasteiger partial charge in [-0.25, -0.2) is 4.98 Å². The average molecular weight is 377 g/mol. The van der Waals surface area contributed by atoms with Crippen LogP contribution in [0.4, 0.5) is 0 Å². The number of nitrogens with zero attached hydrogens (tertiary/aromatic N) is 6. The van der Waals surface area contributed by atoms with E-state index in [1.807, 2.05) is 12.3 Å². The summed E-state index contributed by atoms with van der Waals surface area (Å²) in [4.78, 5) is 23.7. The Bertz CT molecular complexity index is 892. The first-order valence-electron chi connectivity index (χ1n) is 9.54. The number of carbonyl (C=O) groups excluding carboxylic acids is 1. The van der Waals surface area contributed by atoms with Crippen LogP contribution >= 0.6 is 0 Å². The van der Waals surface area contributed by atoms with Crippen LogP contribution in [0.5, 0.6) is 0 Å². The van der Waals surface area contributed by atoms with E-state index in [-0.39, 0.29) is 11.9 Å². The third kappa shape index (κ3) is 4.23.